The molecule has 3 rings (SSSR count). The Morgan fingerprint density at radius 3 is 2.44 bits per heavy atom. The van der Waals surface area contributed by atoms with Gasteiger partial charge in [0, 0.05) is 19.1 Å². The van der Waals surface area contributed by atoms with Crippen molar-refractivity contribution in [3.63, 3.8) is 0 Å². The van der Waals surface area contributed by atoms with Crippen LogP contribution in [0.5, 0.6) is 0 Å². The van der Waals surface area contributed by atoms with Gasteiger partial charge in [-0.15, -0.1) is 5.10 Å². The fourth-order valence-corrected chi connectivity index (χ4v) is 2.36. The maximum Gasteiger partial charge on any atom is 0.343 e. The Bertz CT molecular complexity index is 929. The number of nitro benzene ring substituents is 1. The van der Waals surface area contributed by atoms with E-state index in [1.807, 2.05) is 0 Å². The molecule has 0 N–H and O–H groups in total. The van der Waals surface area contributed by atoms with Gasteiger partial charge in [-0.05, 0) is 10.5 Å². The highest BCUT2D eigenvalue weighted by Gasteiger charge is 2.19. The van der Waals surface area contributed by atoms with Crippen molar-refractivity contribution < 1.29 is 9.85 Å². The first-order valence-corrected chi connectivity index (χ1v) is 7.23. The quantitative estimate of drug-likeness (QED) is 0.491. The molecule has 2 heterocycles. The van der Waals surface area contributed by atoms with E-state index in [9.17, 15) is 20.2 Å². The predicted octanol–water partition coefficient (Wildman–Crippen LogP) is 1.70. The minimum atomic E-state index is -0.499. The van der Waals surface area contributed by atoms with Crippen molar-refractivity contribution in [3.8, 4) is 0 Å². The second-order valence-electron chi connectivity index (χ2n) is 5.34. The number of aryl methyl sites for hydroxylation is 1. The molecule has 0 amide bonds. The Morgan fingerprint density at radius 2 is 1.80 bits per heavy atom. The highest BCUT2D eigenvalue weighted by atomic mass is 16.6. The van der Waals surface area contributed by atoms with Gasteiger partial charge in [0.15, 0.2) is 5.82 Å². The lowest BCUT2D eigenvalue weighted by molar-refractivity contribution is -0.392. The molecule has 3 aromatic rings. The first kappa shape index (κ1) is 16.2. The standard InChI is InChI=1S/C14H13N7O4/c1-10-15-6-14(21(24)25)19(10)9-12-8-18(17-16-12)7-11-2-4-13(5-3-11)20(22)23/h2-6,8H,7,9H2,1H3. The highest BCUT2D eigenvalue weighted by molar-refractivity contribution is 5.32. The van der Waals surface area contributed by atoms with Gasteiger partial charge in [0.05, 0.1) is 17.7 Å². The largest absolute Gasteiger partial charge is 0.358 e. The van der Waals surface area contributed by atoms with Crippen LogP contribution >= 0.6 is 0 Å². The average Bonchev–Trinajstić information content (AvgIpc) is 3.16. The van der Waals surface area contributed by atoms with Crippen LogP contribution in [0.3, 0.4) is 0 Å². The Hall–Kier alpha value is -3.63. The summed E-state index contributed by atoms with van der Waals surface area (Å²) in [6.07, 6.45) is 2.88. The average molecular weight is 343 g/mol. The molecule has 0 unspecified atom stereocenters. The molecule has 0 aliphatic rings. The second-order valence-corrected chi connectivity index (χ2v) is 5.34. The van der Waals surface area contributed by atoms with E-state index in [0.29, 0.717) is 18.1 Å². The van der Waals surface area contributed by atoms with Crippen LogP contribution in [0.2, 0.25) is 0 Å². The molecule has 0 saturated heterocycles. The summed E-state index contributed by atoms with van der Waals surface area (Å²) in [5.74, 6) is 0.402. The highest BCUT2D eigenvalue weighted by Crippen LogP contribution is 2.16. The molecule has 2 aromatic heterocycles. The van der Waals surface area contributed by atoms with Crippen LogP contribution in [-0.4, -0.2) is 34.4 Å². The van der Waals surface area contributed by atoms with Gasteiger partial charge in [-0.3, -0.25) is 10.1 Å². The molecule has 0 aliphatic carbocycles. The van der Waals surface area contributed by atoms with Gasteiger partial charge in [-0.25, -0.2) is 14.2 Å². The van der Waals surface area contributed by atoms with E-state index in [4.69, 9.17) is 0 Å². The minimum absolute atomic E-state index is 0.0194. The van der Waals surface area contributed by atoms with Gasteiger partial charge in [0.1, 0.15) is 18.4 Å². The summed E-state index contributed by atoms with van der Waals surface area (Å²) < 4.78 is 3.01. The van der Waals surface area contributed by atoms with E-state index in [1.165, 1.54) is 22.9 Å². The summed E-state index contributed by atoms with van der Waals surface area (Å²) in [6.45, 7) is 2.24. The maximum absolute atomic E-state index is 11.0. The van der Waals surface area contributed by atoms with E-state index in [-0.39, 0.29) is 18.1 Å². The lowest BCUT2D eigenvalue weighted by atomic mass is 10.2. The molecule has 0 saturated carbocycles. The van der Waals surface area contributed by atoms with E-state index >= 15 is 0 Å². The number of imidazole rings is 1. The number of rotatable bonds is 6. The zero-order valence-corrected chi connectivity index (χ0v) is 13.1. The number of hydrogen-bond acceptors (Lipinski definition) is 7. The molecular formula is C14H13N7O4. The van der Waals surface area contributed by atoms with Crippen molar-refractivity contribution >= 4 is 11.5 Å². The fraction of sp³-hybridized carbons (Fsp3) is 0.214. The number of benzene rings is 1. The summed E-state index contributed by atoms with van der Waals surface area (Å²) >= 11 is 0. The molecule has 25 heavy (non-hydrogen) atoms. The SMILES string of the molecule is Cc1ncc([N+](=O)[O-])n1Cc1cn(Cc2ccc([N+](=O)[O-])cc2)nn1. The van der Waals surface area contributed by atoms with Crippen LogP contribution in [0.15, 0.2) is 36.7 Å². The third-order valence-corrected chi connectivity index (χ3v) is 3.62. The predicted molar refractivity (Wildman–Crippen MR) is 84.9 cm³/mol. The van der Waals surface area contributed by atoms with Crippen molar-refractivity contribution in [2.75, 3.05) is 0 Å². The van der Waals surface area contributed by atoms with Gasteiger partial charge in [-0.1, -0.05) is 17.3 Å². The molecule has 0 bridgehead atoms. The third kappa shape index (κ3) is 3.49. The molecule has 11 nitrogen and oxygen atoms in total. The van der Waals surface area contributed by atoms with Crippen molar-refractivity contribution in [1.82, 2.24) is 24.5 Å². The van der Waals surface area contributed by atoms with Crippen LogP contribution in [0.25, 0.3) is 0 Å². The lowest BCUT2D eigenvalue weighted by Crippen LogP contribution is -2.06. The summed E-state index contributed by atoms with van der Waals surface area (Å²) in [6, 6.07) is 6.13. The number of nitro groups is 2. The van der Waals surface area contributed by atoms with Gasteiger partial charge >= 0.3 is 5.82 Å². The van der Waals surface area contributed by atoms with E-state index < -0.39 is 9.85 Å². The molecule has 128 valence electrons. The molecule has 0 atom stereocenters. The number of aromatic nitrogens is 5. The lowest BCUT2D eigenvalue weighted by Gasteiger charge is -2.01. The van der Waals surface area contributed by atoms with Crippen LogP contribution in [0.1, 0.15) is 17.1 Å². The smallest absolute Gasteiger partial charge is 0.343 e. The summed E-state index contributed by atoms with van der Waals surface area (Å²) in [4.78, 5) is 24.6. The Balaban J connectivity index is 1.74. The van der Waals surface area contributed by atoms with Crippen LogP contribution in [0.4, 0.5) is 11.5 Å². The van der Waals surface area contributed by atoms with Gasteiger partial charge < -0.3 is 10.1 Å². The van der Waals surface area contributed by atoms with Crippen LogP contribution in [0, 0.1) is 27.2 Å². The molecule has 0 aliphatic heterocycles. The number of hydrogen-bond donors (Lipinski definition) is 0. The summed E-state index contributed by atoms with van der Waals surface area (Å²) in [5, 5.41) is 29.6. The Labute approximate surface area is 140 Å². The van der Waals surface area contributed by atoms with E-state index in [0.717, 1.165) is 5.56 Å². The second kappa shape index (κ2) is 6.47. The molecule has 11 heteroatoms. The first-order valence-electron chi connectivity index (χ1n) is 7.23. The zero-order valence-electron chi connectivity index (χ0n) is 13.1. The monoisotopic (exact) mass is 343 g/mol. The Morgan fingerprint density at radius 1 is 1.08 bits per heavy atom. The van der Waals surface area contributed by atoms with Crippen molar-refractivity contribution in [3.05, 3.63) is 74.0 Å². The Kier molecular flexibility index (Phi) is 4.20. The van der Waals surface area contributed by atoms with Crippen molar-refractivity contribution in [1.29, 1.82) is 0 Å². The van der Waals surface area contributed by atoms with Crippen LogP contribution in [-0.2, 0) is 13.1 Å². The number of nitrogens with zero attached hydrogens (tertiary/aromatic N) is 7. The number of non-ortho nitro benzene ring substituents is 1. The normalized spacial score (nSPS) is 10.8. The van der Waals surface area contributed by atoms with Crippen LogP contribution < -0.4 is 0 Å². The van der Waals surface area contributed by atoms with Crippen molar-refractivity contribution in [2.24, 2.45) is 0 Å². The topological polar surface area (TPSA) is 135 Å². The zero-order chi connectivity index (χ0) is 18.0. The first-order chi connectivity index (χ1) is 11.9. The van der Waals surface area contributed by atoms with Gasteiger partial charge in [-0.2, -0.15) is 0 Å². The van der Waals surface area contributed by atoms with E-state index in [2.05, 4.69) is 15.3 Å². The molecular weight excluding hydrogens is 330 g/mol. The minimum Gasteiger partial charge on any atom is -0.358 e. The maximum atomic E-state index is 11.0. The molecule has 0 fully saturated rings. The van der Waals surface area contributed by atoms with Gasteiger partial charge in [0.2, 0.25) is 0 Å². The summed E-state index contributed by atoms with van der Waals surface area (Å²) in [7, 11) is 0. The summed E-state index contributed by atoms with van der Waals surface area (Å²) in [5.41, 5.74) is 1.39. The molecule has 0 radical (unpaired) electrons. The fourth-order valence-electron chi connectivity index (χ4n) is 2.36. The third-order valence-electron chi connectivity index (χ3n) is 3.62. The van der Waals surface area contributed by atoms with E-state index in [1.54, 1.807) is 29.9 Å². The molecule has 0 spiro atoms. The van der Waals surface area contributed by atoms with Crippen molar-refractivity contribution in [2.45, 2.75) is 20.0 Å². The molecule has 1 aromatic carbocycles. The van der Waals surface area contributed by atoms with Gasteiger partial charge in [0.25, 0.3) is 5.69 Å².